The molecule has 0 radical (unpaired) electrons. The number of nitrogens with one attached hydrogen (secondary N) is 2. The minimum atomic E-state index is -1.55. The van der Waals surface area contributed by atoms with Gasteiger partial charge in [-0.25, -0.2) is 19.3 Å². The fourth-order valence-corrected chi connectivity index (χ4v) is 5.85. The summed E-state index contributed by atoms with van der Waals surface area (Å²) < 4.78 is 38.6. The smallest absolute Gasteiger partial charge is 0.227 e. The minimum Gasteiger partial charge on any atom is -0.444 e. The molecule has 3 atom stereocenters. The molecule has 0 saturated carbocycles. The molecule has 3 aromatic rings. The number of aromatic nitrogens is 4. The Hall–Kier alpha value is -3.12. The van der Waals surface area contributed by atoms with Crippen molar-refractivity contribution in [2.24, 2.45) is 5.92 Å². The number of hydrogen-bond acceptors (Lipinski definition) is 11. The average Bonchev–Trinajstić information content (AvgIpc) is 2.89. The highest BCUT2D eigenvalue weighted by Crippen LogP contribution is 2.36. The Morgan fingerprint density at radius 3 is 2.62 bits per heavy atom. The highest BCUT2D eigenvalue weighted by molar-refractivity contribution is 7.74. The second-order valence-corrected chi connectivity index (χ2v) is 12.2. The summed E-state index contributed by atoms with van der Waals surface area (Å²) in [5.41, 5.74) is 1.13. The lowest BCUT2D eigenvalue weighted by Gasteiger charge is -2.42. The van der Waals surface area contributed by atoms with Gasteiger partial charge in [0.1, 0.15) is 23.6 Å². The SMILES string of the molecule is CO[C@@H]1CCN(c2nccc(Nc3cc4c(C(C)C)cnc(N5CC(C[C@@H](C)[S-](=N)=O)C5)c4cn3)n2)C[C@@H]1F. The third-order valence-electron chi connectivity index (χ3n) is 7.66. The highest BCUT2D eigenvalue weighted by Gasteiger charge is 2.31. The predicted molar refractivity (Wildman–Crippen MR) is 152 cm³/mol. The van der Waals surface area contributed by atoms with Gasteiger partial charge in [-0.3, -0.25) is 0 Å². The zero-order valence-electron chi connectivity index (χ0n) is 22.8. The van der Waals surface area contributed by atoms with E-state index in [1.807, 2.05) is 30.3 Å². The molecule has 3 aromatic heterocycles. The van der Waals surface area contributed by atoms with Crippen molar-refractivity contribution < 1.29 is 13.3 Å². The van der Waals surface area contributed by atoms with Crippen LogP contribution >= 0.6 is 0 Å². The van der Waals surface area contributed by atoms with Crippen LogP contribution in [0.2, 0.25) is 0 Å². The first-order valence-electron chi connectivity index (χ1n) is 13.4. The molecule has 12 heteroatoms. The Morgan fingerprint density at radius 1 is 1.13 bits per heavy atom. The van der Waals surface area contributed by atoms with E-state index in [-0.39, 0.29) is 17.7 Å². The van der Waals surface area contributed by atoms with E-state index in [1.54, 1.807) is 19.4 Å². The second kappa shape index (κ2) is 11.5. The Bertz CT molecular complexity index is 1390. The van der Waals surface area contributed by atoms with Gasteiger partial charge >= 0.3 is 0 Å². The van der Waals surface area contributed by atoms with Crippen molar-refractivity contribution in [1.29, 1.82) is 4.78 Å². The minimum absolute atomic E-state index is 0.127. The molecule has 0 aliphatic carbocycles. The molecule has 0 bridgehead atoms. The quantitative estimate of drug-likeness (QED) is 0.359. The topological polar surface area (TPSA) is 120 Å². The summed E-state index contributed by atoms with van der Waals surface area (Å²) in [5.74, 6) is 3.29. The standard InChI is InChI=1S/C27H36FN8O2S/c1-16(2)20-11-32-26(36-13-18(14-36)9-17(3)39(29)37)21-12-31-25(10-19(20)21)33-24-5-7-30-27(34-24)35-8-6-23(38-4)22(28)15-35/h5,7,10-12,16-18,22-23,29H,6,8-9,13-15H2,1-4H3,(H,30,31,33,34)/q-1/t17-,22+,23-/m1/s1. The van der Waals surface area contributed by atoms with Crippen LogP contribution in [0.4, 0.5) is 27.8 Å². The summed E-state index contributed by atoms with van der Waals surface area (Å²) in [6.45, 7) is 8.64. The molecule has 2 aliphatic heterocycles. The van der Waals surface area contributed by atoms with Gasteiger partial charge in [0.25, 0.3) is 0 Å². The first-order valence-corrected chi connectivity index (χ1v) is 14.6. The summed E-state index contributed by atoms with van der Waals surface area (Å²) in [6.07, 6.45) is 5.35. The monoisotopic (exact) mass is 555 g/mol. The molecular weight excluding hydrogens is 519 g/mol. The van der Waals surface area contributed by atoms with Gasteiger partial charge in [0.05, 0.1) is 12.6 Å². The van der Waals surface area contributed by atoms with Gasteiger partial charge in [0.2, 0.25) is 5.95 Å². The number of anilines is 4. The molecule has 2 N–H and O–H groups in total. The maximum atomic E-state index is 14.4. The number of methoxy groups -OCH3 is 1. The normalized spacial score (nSPS) is 21.0. The van der Waals surface area contributed by atoms with Crippen molar-refractivity contribution in [3.63, 3.8) is 0 Å². The Balaban J connectivity index is 1.36. The van der Waals surface area contributed by atoms with Gasteiger partial charge in [0, 0.05) is 50.7 Å². The molecule has 2 saturated heterocycles. The van der Waals surface area contributed by atoms with Crippen molar-refractivity contribution in [2.45, 2.75) is 57.1 Å². The van der Waals surface area contributed by atoms with E-state index in [9.17, 15) is 8.60 Å². The van der Waals surface area contributed by atoms with Crippen molar-refractivity contribution in [1.82, 2.24) is 19.9 Å². The van der Waals surface area contributed by atoms with Gasteiger partial charge in [0.15, 0.2) is 0 Å². The number of rotatable bonds is 9. The Labute approximate surface area is 230 Å². The molecule has 0 spiro atoms. The number of nitrogens with zero attached hydrogens (tertiary/aromatic N) is 6. The summed E-state index contributed by atoms with van der Waals surface area (Å²) in [4.78, 5) is 22.5. The van der Waals surface area contributed by atoms with E-state index >= 15 is 0 Å². The van der Waals surface area contributed by atoms with Crippen molar-refractivity contribution in [3.8, 4) is 0 Å². The Morgan fingerprint density at radius 2 is 1.92 bits per heavy atom. The van der Waals surface area contributed by atoms with Crippen LogP contribution in [0.15, 0.2) is 30.7 Å². The lowest BCUT2D eigenvalue weighted by molar-refractivity contribution is 0.0194. The zero-order valence-corrected chi connectivity index (χ0v) is 23.6. The Kier molecular flexibility index (Phi) is 8.13. The first kappa shape index (κ1) is 27.4. The molecule has 10 nitrogen and oxygen atoms in total. The molecule has 5 rings (SSSR count). The number of halogens is 1. The van der Waals surface area contributed by atoms with Gasteiger partial charge in [-0.15, -0.1) is 0 Å². The van der Waals surface area contributed by atoms with Crippen LogP contribution < -0.4 is 15.1 Å². The third-order valence-corrected chi connectivity index (χ3v) is 8.58. The van der Waals surface area contributed by atoms with Gasteiger partial charge in [-0.05, 0) is 41.3 Å². The molecule has 0 unspecified atom stereocenters. The fraction of sp³-hybridized carbons (Fsp3) is 0.556. The largest absolute Gasteiger partial charge is 0.444 e. The maximum absolute atomic E-state index is 14.4. The summed E-state index contributed by atoms with van der Waals surface area (Å²) in [7, 11) is -0.00381. The first-order chi connectivity index (χ1) is 18.7. The fourth-order valence-electron chi connectivity index (χ4n) is 5.40. The highest BCUT2D eigenvalue weighted by atomic mass is 32.2. The molecular formula is C27H36FN8O2S-. The van der Waals surface area contributed by atoms with E-state index in [2.05, 4.69) is 39.0 Å². The zero-order chi connectivity index (χ0) is 27.7. The molecule has 0 aromatic carbocycles. The number of alkyl halides is 1. The molecule has 2 fully saturated rings. The van der Waals surface area contributed by atoms with Crippen molar-refractivity contribution in [3.05, 3.63) is 36.3 Å². The molecule has 0 amide bonds. The van der Waals surface area contributed by atoms with Crippen LogP contribution in [0.5, 0.6) is 0 Å². The van der Waals surface area contributed by atoms with Gasteiger partial charge in [-0.2, -0.15) is 15.6 Å². The summed E-state index contributed by atoms with van der Waals surface area (Å²) in [5, 5.41) is 5.24. The average molecular weight is 556 g/mol. The van der Waals surface area contributed by atoms with Crippen LogP contribution in [0.25, 0.3) is 10.8 Å². The van der Waals surface area contributed by atoms with E-state index in [0.717, 1.165) is 41.7 Å². The predicted octanol–water partition coefficient (Wildman–Crippen LogP) is 4.79. The van der Waals surface area contributed by atoms with E-state index in [0.29, 0.717) is 36.5 Å². The van der Waals surface area contributed by atoms with Crippen LogP contribution in [0.3, 0.4) is 0 Å². The summed E-state index contributed by atoms with van der Waals surface area (Å²) >= 11 is 0. The molecule has 5 heterocycles. The number of piperidine rings is 1. The van der Waals surface area contributed by atoms with Gasteiger partial charge < -0.3 is 28.8 Å². The molecule has 2 aliphatic rings. The van der Waals surface area contributed by atoms with Crippen molar-refractivity contribution in [2.75, 3.05) is 48.4 Å². The van der Waals surface area contributed by atoms with E-state index in [1.165, 1.54) is 0 Å². The molecule has 39 heavy (non-hydrogen) atoms. The van der Waals surface area contributed by atoms with E-state index in [4.69, 9.17) is 14.5 Å². The van der Waals surface area contributed by atoms with Crippen LogP contribution in [0, 0.1) is 10.7 Å². The van der Waals surface area contributed by atoms with Crippen molar-refractivity contribution >= 4 is 44.8 Å². The summed E-state index contributed by atoms with van der Waals surface area (Å²) in [6, 6.07) is 3.80. The van der Waals surface area contributed by atoms with E-state index < -0.39 is 22.9 Å². The lowest BCUT2D eigenvalue weighted by Crippen LogP contribution is -2.48. The number of hydrogen-bond donors (Lipinski definition) is 2. The second-order valence-electron chi connectivity index (χ2n) is 10.8. The number of fused-ring (bicyclic) bond motifs is 1. The maximum Gasteiger partial charge on any atom is 0.227 e. The molecule has 210 valence electrons. The third kappa shape index (κ3) is 5.91. The van der Waals surface area contributed by atoms with Gasteiger partial charge in [-0.1, -0.05) is 32.4 Å². The number of pyridine rings is 2. The number of ether oxygens (including phenoxy) is 1. The van der Waals surface area contributed by atoms with Crippen LogP contribution in [-0.4, -0.2) is 70.8 Å². The van der Waals surface area contributed by atoms with Crippen LogP contribution in [-0.2, 0) is 19.5 Å². The van der Waals surface area contributed by atoms with Crippen LogP contribution in [0.1, 0.15) is 45.1 Å². The lowest BCUT2D eigenvalue weighted by atomic mass is 9.93.